The average Bonchev–Trinajstić information content (AvgIpc) is 3.01. The number of amides is 1. The van der Waals surface area contributed by atoms with Crippen LogP contribution >= 0.6 is 11.3 Å². The van der Waals surface area contributed by atoms with E-state index in [4.69, 9.17) is 4.74 Å². The molecule has 0 atom stereocenters. The number of hydrogen-bond donors (Lipinski definition) is 1. The first-order valence-electron chi connectivity index (χ1n) is 8.76. The summed E-state index contributed by atoms with van der Waals surface area (Å²) < 4.78 is 5.33. The largest absolute Gasteiger partial charge is 0.496 e. The van der Waals surface area contributed by atoms with Gasteiger partial charge in [0, 0.05) is 12.1 Å². The van der Waals surface area contributed by atoms with Gasteiger partial charge in [-0.25, -0.2) is 4.98 Å². The minimum Gasteiger partial charge on any atom is -0.496 e. The lowest BCUT2D eigenvalue weighted by molar-refractivity contribution is 0.0954. The molecule has 1 aliphatic rings. The van der Waals surface area contributed by atoms with Crippen LogP contribution in [0, 0.1) is 6.92 Å². The highest BCUT2D eigenvalue weighted by Crippen LogP contribution is 2.22. The topological polar surface area (TPSA) is 54.5 Å². The van der Waals surface area contributed by atoms with Crippen molar-refractivity contribution in [3.63, 3.8) is 0 Å². The third-order valence-electron chi connectivity index (χ3n) is 4.49. The van der Waals surface area contributed by atoms with Gasteiger partial charge in [0.25, 0.3) is 5.91 Å². The van der Waals surface area contributed by atoms with Gasteiger partial charge in [-0.3, -0.25) is 9.69 Å². The second-order valence-electron chi connectivity index (χ2n) is 6.35. The van der Waals surface area contributed by atoms with Crippen molar-refractivity contribution in [3.8, 4) is 5.75 Å². The second-order valence-corrected chi connectivity index (χ2v) is 7.44. The van der Waals surface area contributed by atoms with E-state index in [0.717, 1.165) is 41.6 Å². The SMILES string of the molecule is COc1ccccc1CNC(=O)c1sc(CN2CCCCC2)nc1C. The zero-order chi connectivity index (χ0) is 17.6. The molecule has 0 bridgehead atoms. The molecule has 2 aromatic rings. The summed E-state index contributed by atoms with van der Waals surface area (Å²) in [4.78, 5) is 20.3. The van der Waals surface area contributed by atoms with E-state index in [1.807, 2.05) is 31.2 Å². The molecule has 3 rings (SSSR count). The van der Waals surface area contributed by atoms with E-state index in [1.54, 1.807) is 7.11 Å². The van der Waals surface area contributed by atoms with Gasteiger partial charge in [0.05, 0.1) is 19.3 Å². The number of piperidine rings is 1. The van der Waals surface area contributed by atoms with Crippen molar-refractivity contribution in [1.29, 1.82) is 0 Å². The smallest absolute Gasteiger partial charge is 0.263 e. The predicted octanol–water partition coefficient (Wildman–Crippen LogP) is 3.38. The number of thiazole rings is 1. The Morgan fingerprint density at radius 1 is 1.28 bits per heavy atom. The number of rotatable bonds is 6. The maximum Gasteiger partial charge on any atom is 0.263 e. The summed E-state index contributed by atoms with van der Waals surface area (Å²) in [5.74, 6) is 0.723. The molecule has 1 saturated heterocycles. The molecule has 0 radical (unpaired) electrons. The Balaban J connectivity index is 1.62. The fraction of sp³-hybridized carbons (Fsp3) is 0.474. The number of para-hydroxylation sites is 1. The van der Waals surface area contributed by atoms with E-state index in [2.05, 4.69) is 15.2 Å². The molecule has 1 aromatic heterocycles. The van der Waals surface area contributed by atoms with Crippen molar-refractivity contribution < 1.29 is 9.53 Å². The molecular formula is C19H25N3O2S. The van der Waals surface area contributed by atoms with Crippen LogP contribution in [0.5, 0.6) is 5.75 Å². The molecule has 0 unspecified atom stereocenters. The van der Waals surface area contributed by atoms with Gasteiger partial charge in [0.2, 0.25) is 0 Å². The predicted molar refractivity (Wildman–Crippen MR) is 100 cm³/mol. The average molecular weight is 359 g/mol. The van der Waals surface area contributed by atoms with Gasteiger partial charge in [0.1, 0.15) is 15.6 Å². The molecule has 1 aromatic carbocycles. The molecule has 134 valence electrons. The molecule has 1 aliphatic heterocycles. The van der Waals surface area contributed by atoms with Gasteiger partial charge in [-0.15, -0.1) is 11.3 Å². The van der Waals surface area contributed by atoms with Crippen molar-refractivity contribution in [2.45, 2.75) is 39.3 Å². The van der Waals surface area contributed by atoms with Crippen molar-refractivity contribution in [3.05, 3.63) is 45.4 Å². The number of carbonyl (C=O) groups excluding carboxylic acids is 1. The van der Waals surface area contributed by atoms with E-state index in [-0.39, 0.29) is 5.91 Å². The molecule has 0 saturated carbocycles. The number of nitrogens with one attached hydrogen (secondary N) is 1. The van der Waals surface area contributed by atoms with E-state index in [0.29, 0.717) is 11.4 Å². The number of likely N-dealkylation sites (tertiary alicyclic amines) is 1. The molecular weight excluding hydrogens is 334 g/mol. The Hall–Kier alpha value is -1.92. The lowest BCUT2D eigenvalue weighted by atomic mass is 10.1. The lowest BCUT2D eigenvalue weighted by Crippen LogP contribution is -2.29. The Morgan fingerprint density at radius 3 is 2.80 bits per heavy atom. The number of nitrogens with zero attached hydrogens (tertiary/aromatic N) is 2. The minimum absolute atomic E-state index is 0.0641. The summed E-state index contributed by atoms with van der Waals surface area (Å²) in [5, 5.41) is 4.02. The number of benzene rings is 1. The number of methoxy groups -OCH3 is 1. The molecule has 0 spiro atoms. The van der Waals surface area contributed by atoms with Gasteiger partial charge in [-0.1, -0.05) is 24.6 Å². The van der Waals surface area contributed by atoms with E-state index < -0.39 is 0 Å². The Labute approximate surface area is 153 Å². The summed E-state index contributed by atoms with van der Waals surface area (Å²) in [6, 6.07) is 7.72. The minimum atomic E-state index is -0.0641. The van der Waals surface area contributed by atoms with E-state index >= 15 is 0 Å². The molecule has 0 aliphatic carbocycles. The number of aryl methyl sites for hydroxylation is 1. The van der Waals surface area contributed by atoms with Gasteiger partial charge >= 0.3 is 0 Å². The highest BCUT2D eigenvalue weighted by Gasteiger charge is 2.18. The fourth-order valence-corrected chi connectivity index (χ4v) is 4.17. The van der Waals surface area contributed by atoms with Crippen molar-refractivity contribution in [2.24, 2.45) is 0 Å². The van der Waals surface area contributed by atoms with Gasteiger partial charge in [-0.2, -0.15) is 0 Å². The maximum absolute atomic E-state index is 12.5. The third-order valence-corrected chi connectivity index (χ3v) is 5.63. The second kappa shape index (κ2) is 8.45. The van der Waals surface area contributed by atoms with Crippen LogP contribution in [-0.2, 0) is 13.1 Å². The highest BCUT2D eigenvalue weighted by molar-refractivity contribution is 7.13. The first-order valence-corrected chi connectivity index (χ1v) is 9.58. The molecule has 1 fully saturated rings. The zero-order valence-corrected chi connectivity index (χ0v) is 15.7. The highest BCUT2D eigenvalue weighted by atomic mass is 32.1. The van der Waals surface area contributed by atoms with Crippen LogP contribution in [0.2, 0.25) is 0 Å². The Morgan fingerprint density at radius 2 is 2.04 bits per heavy atom. The lowest BCUT2D eigenvalue weighted by Gasteiger charge is -2.25. The van der Waals surface area contributed by atoms with Gasteiger partial charge in [0.15, 0.2) is 0 Å². The third kappa shape index (κ3) is 4.58. The van der Waals surface area contributed by atoms with Crippen molar-refractivity contribution >= 4 is 17.2 Å². The van der Waals surface area contributed by atoms with Crippen LogP contribution in [0.15, 0.2) is 24.3 Å². The Kier molecular flexibility index (Phi) is 6.04. The molecule has 1 amide bonds. The summed E-state index contributed by atoms with van der Waals surface area (Å²) in [7, 11) is 1.64. The maximum atomic E-state index is 12.5. The molecule has 25 heavy (non-hydrogen) atoms. The monoisotopic (exact) mass is 359 g/mol. The summed E-state index contributed by atoms with van der Waals surface area (Å²) in [5.41, 5.74) is 1.78. The standard InChI is InChI=1S/C19H25N3O2S/c1-14-18(25-17(21-14)13-22-10-6-3-7-11-22)19(23)20-12-15-8-4-5-9-16(15)24-2/h4-5,8-9H,3,6-7,10-13H2,1-2H3,(H,20,23). The molecule has 2 heterocycles. The van der Waals surface area contributed by atoms with Crippen LogP contribution in [-0.4, -0.2) is 36.0 Å². The van der Waals surface area contributed by atoms with Gasteiger partial charge in [-0.05, 0) is 38.9 Å². The van der Waals surface area contributed by atoms with E-state index in [9.17, 15) is 4.79 Å². The van der Waals surface area contributed by atoms with Crippen LogP contribution in [0.1, 0.15) is 45.2 Å². The first-order chi connectivity index (χ1) is 12.2. The number of hydrogen-bond acceptors (Lipinski definition) is 5. The van der Waals surface area contributed by atoms with Crippen LogP contribution in [0.4, 0.5) is 0 Å². The zero-order valence-electron chi connectivity index (χ0n) is 14.9. The quantitative estimate of drug-likeness (QED) is 0.859. The number of aromatic nitrogens is 1. The Bertz CT molecular complexity index is 723. The van der Waals surface area contributed by atoms with Crippen LogP contribution < -0.4 is 10.1 Å². The van der Waals surface area contributed by atoms with Crippen LogP contribution in [0.25, 0.3) is 0 Å². The van der Waals surface area contributed by atoms with Crippen molar-refractivity contribution in [1.82, 2.24) is 15.2 Å². The summed E-state index contributed by atoms with van der Waals surface area (Å²) in [6.45, 7) is 5.48. The first kappa shape index (κ1) is 17.9. The summed E-state index contributed by atoms with van der Waals surface area (Å²) in [6.07, 6.45) is 3.84. The molecule has 6 heteroatoms. The van der Waals surface area contributed by atoms with Crippen molar-refractivity contribution in [2.75, 3.05) is 20.2 Å². The normalized spacial score (nSPS) is 15.1. The number of ether oxygens (including phenoxy) is 1. The molecule has 5 nitrogen and oxygen atoms in total. The van der Waals surface area contributed by atoms with Crippen LogP contribution in [0.3, 0.4) is 0 Å². The number of carbonyl (C=O) groups is 1. The van der Waals surface area contributed by atoms with E-state index in [1.165, 1.54) is 30.6 Å². The summed E-state index contributed by atoms with van der Waals surface area (Å²) >= 11 is 1.51. The van der Waals surface area contributed by atoms with Gasteiger partial charge < -0.3 is 10.1 Å². The molecule has 1 N–H and O–H groups in total. The fourth-order valence-electron chi connectivity index (χ4n) is 3.14.